The van der Waals surface area contributed by atoms with Crippen molar-refractivity contribution < 1.29 is 9.53 Å². The molecule has 0 bridgehead atoms. The van der Waals surface area contributed by atoms with Crippen molar-refractivity contribution in [1.29, 1.82) is 0 Å². The van der Waals surface area contributed by atoms with Crippen molar-refractivity contribution in [1.82, 2.24) is 9.97 Å². The summed E-state index contributed by atoms with van der Waals surface area (Å²) in [5.74, 6) is 2.39. The van der Waals surface area contributed by atoms with Crippen molar-refractivity contribution in [3.63, 3.8) is 0 Å². The van der Waals surface area contributed by atoms with E-state index in [1.807, 2.05) is 7.05 Å². The fraction of sp³-hybridized carbons (Fsp3) is 0.583. The van der Waals surface area contributed by atoms with Crippen LogP contribution in [0.25, 0.3) is 0 Å². The Morgan fingerprint density at radius 1 is 1.44 bits per heavy atom. The average molecular weight is 250 g/mol. The third-order valence-corrected chi connectivity index (χ3v) is 2.86. The van der Waals surface area contributed by atoms with Crippen molar-refractivity contribution in [2.45, 2.75) is 31.7 Å². The SMILES string of the molecule is CNc1cc(NC(C)C(=O)OC)nc(C2CC2)n1. The number of ether oxygens (including phenoxy) is 1. The first-order valence-electron chi connectivity index (χ1n) is 6.05. The molecule has 1 saturated carbocycles. The molecule has 0 radical (unpaired) electrons. The second-order valence-electron chi connectivity index (χ2n) is 4.41. The van der Waals surface area contributed by atoms with Crippen molar-refractivity contribution >= 4 is 17.6 Å². The quantitative estimate of drug-likeness (QED) is 0.769. The van der Waals surface area contributed by atoms with Crippen LogP contribution in [0, 0.1) is 0 Å². The van der Waals surface area contributed by atoms with Gasteiger partial charge in [0.15, 0.2) is 0 Å². The van der Waals surface area contributed by atoms with E-state index in [0.717, 1.165) is 24.5 Å². The fourth-order valence-corrected chi connectivity index (χ4v) is 1.65. The summed E-state index contributed by atoms with van der Waals surface area (Å²) in [4.78, 5) is 20.2. The molecule has 18 heavy (non-hydrogen) atoms. The van der Waals surface area contributed by atoms with E-state index in [4.69, 9.17) is 0 Å². The summed E-state index contributed by atoms with van der Waals surface area (Å²) in [7, 11) is 3.18. The van der Waals surface area contributed by atoms with E-state index < -0.39 is 6.04 Å². The molecule has 1 unspecified atom stereocenters. The highest BCUT2D eigenvalue weighted by Gasteiger charge is 2.27. The number of carbonyl (C=O) groups is 1. The van der Waals surface area contributed by atoms with Crippen LogP contribution >= 0.6 is 0 Å². The number of rotatable bonds is 5. The maximum atomic E-state index is 11.4. The minimum Gasteiger partial charge on any atom is -0.467 e. The molecule has 0 spiro atoms. The second kappa shape index (κ2) is 5.20. The maximum Gasteiger partial charge on any atom is 0.328 e. The van der Waals surface area contributed by atoms with Crippen LogP contribution in [0.1, 0.15) is 31.5 Å². The topological polar surface area (TPSA) is 76.1 Å². The molecule has 1 aromatic rings. The van der Waals surface area contributed by atoms with Gasteiger partial charge in [0.1, 0.15) is 23.5 Å². The fourth-order valence-electron chi connectivity index (χ4n) is 1.65. The van der Waals surface area contributed by atoms with E-state index >= 15 is 0 Å². The van der Waals surface area contributed by atoms with E-state index in [1.165, 1.54) is 7.11 Å². The predicted octanol–water partition coefficient (Wildman–Crippen LogP) is 1.37. The zero-order chi connectivity index (χ0) is 13.1. The number of anilines is 2. The molecular weight excluding hydrogens is 232 g/mol. The highest BCUT2D eigenvalue weighted by atomic mass is 16.5. The minimum absolute atomic E-state index is 0.312. The highest BCUT2D eigenvalue weighted by molar-refractivity contribution is 5.78. The van der Waals surface area contributed by atoms with Gasteiger partial charge in [0.2, 0.25) is 0 Å². The summed E-state index contributed by atoms with van der Waals surface area (Å²) in [6.45, 7) is 1.74. The largest absolute Gasteiger partial charge is 0.467 e. The number of hydrogen-bond acceptors (Lipinski definition) is 6. The Kier molecular flexibility index (Phi) is 3.64. The van der Waals surface area contributed by atoms with E-state index in [-0.39, 0.29) is 5.97 Å². The number of nitrogens with one attached hydrogen (secondary N) is 2. The van der Waals surface area contributed by atoms with E-state index in [2.05, 4.69) is 25.3 Å². The zero-order valence-electron chi connectivity index (χ0n) is 10.9. The maximum absolute atomic E-state index is 11.4. The molecule has 98 valence electrons. The lowest BCUT2D eigenvalue weighted by Gasteiger charge is -2.13. The molecule has 2 rings (SSSR count). The standard InChI is InChI=1S/C12H18N4O2/c1-7(12(17)18-3)14-10-6-9(13-2)15-11(16-10)8-4-5-8/h6-8H,4-5H2,1-3H3,(H2,13,14,15,16). The van der Waals surface area contributed by atoms with Gasteiger partial charge >= 0.3 is 5.97 Å². The second-order valence-corrected chi connectivity index (χ2v) is 4.41. The van der Waals surface area contributed by atoms with Gasteiger partial charge < -0.3 is 15.4 Å². The molecule has 1 fully saturated rings. The van der Waals surface area contributed by atoms with Gasteiger partial charge in [-0.3, -0.25) is 0 Å². The number of nitrogens with zero attached hydrogens (tertiary/aromatic N) is 2. The summed E-state index contributed by atoms with van der Waals surface area (Å²) >= 11 is 0. The monoisotopic (exact) mass is 250 g/mol. The number of hydrogen-bond donors (Lipinski definition) is 2. The molecule has 1 heterocycles. The van der Waals surface area contributed by atoms with Crippen LogP contribution in [0.4, 0.5) is 11.6 Å². The third kappa shape index (κ3) is 2.88. The normalized spacial score (nSPS) is 15.9. The first kappa shape index (κ1) is 12.6. The third-order valence-electron chi connectivity index (χ3n) is 2.86. The summed E-state index contributed by atoms with van der Waals surface area (Å²) < 4.78 is 4.67. The van der Waals surface area contributed by atoms with Gasteiger partial charge in [-0.05, 0) is 19.8 Å². The number of methoxy groups -OCH3 is 1. The molecule has 0 amide bonds. The lowest BCUT2D eigenvalue weighted by atomic mass is 10.3. The van der Waals surface area contributed by atoms with Gasteiger partial charge in [-0.2, -0.15) is 0 Å². The van der Waals surface area contributed by atoms with Gasteiger partial charge in [-0.25, -0.2) is 14.8 Å². The van der Waals surface area contributed by atoms with Crippen LogP contribution in [0.15, 0.2) is 6.07 Å². The average Bonchev–Trinajstić information content (AvgIpc) is 3.21. The molecule has 0 aliphatic heterocycles. The van der Waals surface area contributed by atoms with Crippen LogP contribution in [0.5, 0.6) is 0 Å². The van der Waals surface area contributed by atoms with Gasteiger partial charge in [0.05, 0.1) is 7.11 Å². The first-order chi connectivity index (χ1) is 8.63. The Balaban J connectivity index is 2.16. The van der Waals surface area contributed by atoms with Gasteiger partial charge in [-0.1, -0.05) is 0 Å². The van der Waals surface area contributed by atoms with Gasteiger partial charge in [-0.15, -0.1) is 0 Å². The number of esters is 1. The minimum atomic E-state index is -0.429. The Hall–Kier alpha value is -1.85. The molecule has 1 aromatic heterocycles. The number of carbonyl (C=O) groups excluding carboxylic acids is 1. The molecular formula is C12H18N4O2. The lowest BCUT2D eigenvalue weighted by Crippen LogP contribution is -2.27. The van der Waals surface area contributed by atoms with E-state index in [1.54, 1.807) is 13.0 Å². The Morgan fingerprint density at radius 3 is 2.67 bits per heavy atom. The molecule has 6 nitrogen and oxygen atoms in total. The van der Waals surface area contributed by atoms with Crippen LogP contribution in [0.3, 0.4) is 0 Å². The summed E-state index contributed by atoms with van der Waals surface area (Å²) in [6, 6.07) is 1.35. The first-order valence-corrected chi connectivity index (χ1v) is 6.05. The van der Waals surface area contributed by atoms with Crippen molar-refractivity contribution in [2.24, 2.45) is 0 Å². The number of aromatic nitrogens is 2. The lowest BCUT2D eigenvalue weighted by molar-refractivity contribution is -0.141. The smallest absolute Gasteiger partial charge is 0.328 e. The molecule has 1 aliphatic rings. The highest BCUT2D eigenvalue weighted by Crippen LogP contribution is 2.38. The Morgan fingerprint density at radius 2 is 2.11 bits per heavy atom. The van der Waals surface area contributed by atoms with Crippen molar-refractivity contribution in [2.75, 3.05) is 24.8 Å². The van der Waals surface area contributed by atoms with E-state index in [0.29, 0.717) is 11.7 Å². The Bertz CT molecular complexity index is 446. The van der Waals surface area contributed by atoms with Crippen LogP contribution in [-0.4, -0.2) is 36.1 Å². The Labute approximate surface area is 106 Å². The van der Waals surface area contributed by atoms with Gasteiger partial charge in [0, 0.05) is 19.0 Å². The molecule has 2 N–H and O–H groups in total. The van der Waals surface area contributed by atoms with Crippen LogP contribution < -0.4 is 10.6 Å². The molecule has 0 aromatic carbocycles. The summed E-state index contributed by atoms with van der Waals surface area (Å²) in [5.41, 5.74) is 0. The molecule has 0 saturated heterocycles. The predicted molar refractivity (Wildman–Crippen MR) is 68.7 cm³/mol. The molecule has 6 heteroatoms. The summed E-state index contributed by atoms with van der Waals surface area (Å²) in [6.07, 6.45) is 2.28. The zero-order valence-corrected chi connectivity index (χ0v) is 10.9. The van der Waals surface area contributed by atoms with Crippen molar-refractivity contribution in [3.05, 3.63) is 11.9 Å². The molecule has 1 atom stereocenters. The van der Waals surface area contributed by atoms with Gasteiger partial charge in [0.25, 0.3) is 0 Å². The van der Waals surface area contributed by atoms with Crippen LogP contribution in [-0.2, 0) is 9.53 Å². The van der Waals surface area contributed by atoms with E-state index in [9.17, 15) is 4.79 Å². The van der Waals surface area contributed by atoms with Crippen LogP contribution in [0.2, 0.25) is 0 Å². The molecule has 1 aliphatic carbocycles. The van der Waals surface area contributed by atoms with Crippen molar-refractivity contribution in [3.8, 4) is 0 Å². The summed E-state index contributed by atoms with van der Waals surface area (Å²) in [5, 5.41) is 6.02.